The van der Waals surface area contributed by atoms with E-state index in [0.29, 0.717) is 29.8 Å². The molecule has 2 unspecified atom stereocenters. The molecule has 12 atom stereocenters. The third-order valence-electron chi connectivity index (χ3n) is 19.2. The second-order valence-corrected chi connectivity index (χ2v) is 28.5. The molecule has 7 N–H and O–H groups in total. The van der Waals surface area contributed by atoms with Gasteiger partial charge in [-0.05, 0) is 92.9 Å². The molecule has 25 heteroatoms. The molecule has 0 spiro atoms. The molecule has 2 heterocycles. The summed E-state index contributed by atoms with van der Waals surface area (Å²) in [5.41, 5.74) is 2.66. The molecule has 6 rings (SSSR count). The average molecular weight is 1410 g/mol. The van der Waals surface area contributed by atoms with Crippen molar-refractivity contribution in [3.8, 4) is 0 Å². The van der Waals surface area contributed by atoms with Gasteiger partial charge in [0, 0.05) is 74.0 Å². The van der Waals surface area contributed by atoms with Gasteiger partial charge in [0.2, 0.25) is 70.9 Å². The van der Waals surface area contributed by atoms with Gasteiger partial charge < -0.3 is 66.4 Å². The monoisotopic (exact) mass is 1410 g/mol. The molecule has 0 aromatic heterocycles. The molecule has 2 fully saturated rings. The van der Waals surface area contributed by atoms with Crippen molar-refractivity contribution >= 4 is 70.9 Å². The van der Waals surface area contributed by atoms with E-state index in [1.165, 1.54) is 70.7 Å². The van der Waals surface area contributed by atoms with Gasteiger partial charge in [-0.2, -0.15) is 0 Å². The number of aliphatic hydroxyl groups is 1. The van der Waals surface area contributed by atoms with Crippen molar-refractivity contribution in [2.75, 3.05) is 48.3 Å². The Kier molecular flexibility index (Phi) is 30.7. The molecule has 0 radical (unpaired) electrons. The van der Waals surface area contributed by atoms with Crippen LogP contribution in [0.2, 0.25) is 0 Å². The van der Waals surface area contributed by atoms with E-state index in [2.05, 4.69) is 31.9 Å². The van der Waals surface area contributed by atoms with Gasteiger partial charge in [0.1, 0.15) is 66.5 Å². The first-order valence-electron chi connectivity index (χ1n) is 35.6. The van der Waals surface area contributed by atoms with Gasteiger partial charge in [-0.25, -0.2) is 0 Å². The second-order valence-electron chi connectivity index (χ2n) is 28.5. The van der Waals surface area contributed by atoms with Crippen LogP contribution in [-0.2, 0) is 83.2 Å². The highest BCUT2D eigenvalue weighted by Gasteiger charge is 2.44. The first-order chi connectivity index (χ1) is 48.3. The van der Waals surface area contributed by atoms with Crippen LogP contribution in [-0.4, -0.2) is 226 Å². The van der Waals surface area contributed by atoms with Crippen LogP contribution in [0, 0.1) is 17.8 Å². The number of aliphatic hydroxyl groups excluding tert-OH is 1. The second kappa shape index (κ2) is 38.5. The van der Waals surface area contributed by atoms with Crippen molar-refractivity contribution in [2.45, 2.75) is 199 Å². The van der Waals surface area contributed by atoms with Crippen LogP contribution >= 0.6 is 0 Å². The van der Waals surface area contributed by atoms with Gasteiger partial charge in [-0.15, -0.1) is 0 Å². The molecule has 102 heavy (non-hydrogen) atoms. The van der Waals surface area contributed by atoms with Gasteiger partial charge >= 0.3 is 0 Å². The molecule has 2 saturated heterocycles. The highest BCUT2D eigenvalue weighted by Crippen LogP contribution is 2.24. The molecule has 4 aromatic carbocycles. The van der Waals surface area contributed by atoms with Gasteiger partial charge in [-0.1, -0.05) is 163 Å². The van der Waals surface area contributed by atoms with Crippen LogP contribution in [0.4, 0.5) is 0 Å². The Bertz CT molecular complexity index is 3500. The maximum absolute atomic E-state index is 15.8. The lowest BCUT2D eigenvalue weighted by atomic mass is 9.96. The number of hydrogen-bond acceptors (Lipinski definition) is 13. The van der Waals surface area contributed by atoms with Gasteiger partial charge in [0.25, 0.3) is 0 Å². The predicted octanol–water partition coefficient (Wildman–Crippen LogP) is 3.59. The highest BCUT2D eigenvalue weighted by atomic mass is 16.3. The minimum absolute atomic E-state index is 0.0246. The fourth-order valence-electron chi connectivity index (χ4n) is 12.8. The number of likely N-dealkylation sites (N-methyl/N-ethyl adjacent to an activating group) is 5. The maximum atomic E-state index is 15.8. The smallest absolute Gasteiger partial charge is 0.248 e. The number of amides is 12. The highest BCUT2D eigenvalue weighted by molar-refractivity contribution is 6.01. The van der Waals surface area contributed by atoms with Crippen molar-refractivity contribution in [3.05, 3.63) is 144 Å². The van der Waals surface area contributed by atoms with Crippen LogP contribution in [0.15, 0.2) is 121 Å². The number of benzene rings is 4. The Morgan fingerprint density at radius 1 is 0.510 bits per heavy atom. The number of likely N-dealkylation sites (tertiary alicyclic amines) is 1. The summed E-state index contributed by atoms with van der Waals surface area (Å²) in [5, 5.41) is 27.4. The van der Waals surface area contributed by atoms with E-state index in [1.54, 1.807) is 110 Å². The zero-order valence-electron chi connectivity index (χ0n) is 61.7. The number of hydrogen-bond donors (Lipinski definition) is 7. The molecule has 554 valence electrons. The van der Waals surface area contributed by atoms with E-state index in [4.69, 9.17) is 0 Å². The first-order valence-corrected chi connectivity index (χ1v) is 35.6. The topological polar surface area (TPSA) is 317 Å². The molecule has 0 bridgehead atoms. The fourth-order valence-corrected chi connectivity index (χ4v) is 12.8. The summed E-state index contributed by atoms with van der Waals surface area (Å²) in [7, 11) is 6.90. The van der Waals surface area contributed by atoms with E-state index in [0.717, 1.165) is 34.6 Å². The Labute approximate surface area is 601 Å². The lowest BCUT2D eigenvalue weighted by Crippen LogP contribution is -2.62. The molecule has 2 aliphatic rings. The van der Waals surface area contributed by atoms with Crippen molar-refractivity contribution in [1.29, 1.82) is 0 Å². The lowest BCUT2D eigenvalue weighted by Gasteiger charge is -2.39. The fraction of sp³-hybridized carbons (Fsp3) is 0.532. The number of rotatable bonds is 19. The Hall–Kier alpha value is -9.52. The van der Waals surface area contributed by atoms with Crippen LogP contribution in [0.3, 0.4) is 0 Å². The van der Waals surface area contributed by atoms with E-state index in [9.17, 15) is 33.9 Å². The van der Waals surface area contributed by atoms with Crippen LogP contribution in [0.1, 0.15) is 123 Å². The number of nitrogens with one attached hydrogen (secondary N) is 6. The van der Waals surface area contributed by atoms with Crippen LogP contribution in [0.25, 0.3) is 0 Å². The van der Waals surface area contributed by atoms with Gasteiger partial charge in [0.05, 0.1) is 12.5 Å². The standard InChI is InChI=1S/C77H108N12O13/c1-47(2)40-60-69(94)81-59(73(98)85(11)61(44-55-34-24-17-25-35-55)70(95)80-58(43-54-32-22-16-23-33-54)74(99)89-38-28-19-29-39-89)46-64(91)82-65(49(5)6)71(96)78-50(7)67(92)83-66(52(9)90)77(102)84(10)51(8)68(93)79-57(42-53-30-20-15-21-31-53)72(97)87(13)62(41-48(3)4)75(100)88(14)63(76(101)86(60)12)45-56-36-26-18-27-37-56/h15-18,20-27,30-37,47-52,57-63,65-66,90H,19,28-29,38-46H2,1-14H3,(H,78,96)(H,79,93)(H,80,95)(H,81,94)(H,82,91)(H,83,92)/t50-,51-,52?,57-,58-,59-,60-,61-,62-,63?,65+,66-/m0/s1. The van der Waals surface area contributed by atoms with E-state index in [1.807, 2.05) is 58.0 Å². The van der Waals surface area contributed by atoms with Crippen molar-refractivity contribution in [3.63, 3.8) is 0 Å². The Morgan fingerprint density at radius 2 is 0.990 bits per heavy atom. The quantitative estimate of drug-likeness (QED) is 0.0707. The summed E-state index contributed by atoms with van der Waals surface area (Å²) < 4.78 is 0. The van der Waals surface area contributed by atoms with Crippen molar-refractivity contribution < 1.29 is 62.6 Å². The molecule has 0 aliphatic carbocycles. The number of nitrogens with zero attached hydrogens (tertiary/aromatic N) is 6. The van der Waals surface area contributed by atoms with E-state index < -0.39 is 150 Å². The van der Waals surface area contributed by atoms with Gasteiger partial charge in [0.15, 0.2) is 0 Å². The van der Waals surface area contributed by atoms with Crippen LogP contribution in [0.5, 0.6) is 0 Å². The zero-order chi connectivity index (χ0) is 75.2. The third kappa shape index (κ3) is 22.7. The van der Waals surface area contributed by atoms with Crippen molar-refractivity contribution in [1.82, 2.24) is 61.3 Å². The molecule has 12 amide bonds. The summed E-state index contributed by atoms with van der Waals surface area (Å²) in [6.45, 7) is 15.5. The zero-order valence-corrected chi connectivity index (χ0v) is 61.7. The maximum Gasteiger partial charge on any atom is 0.248 e. The summed E-state index contributed by atoms with van der Waals surface area (Å²) in [5.74, 6) is -10.7. The molecular weight excluding hydrogens is 1300 g/mol. The van der Waals surface area contributed by atoms with Gasteiger partial charge in [-0.3, -0.25) is 57.5 Å². The molecule has 0 saturated carbocycles. The summed E-state index contributed by atoms with van der Waals surface area (Å²) in [4.78, 5) is 188. The predicted molar refractivity (Wildman–Crippen MR) is 387 cm³/mol. The van der Waals surface area contributed by atoms with Crippen LogP contribution < -0.4 is 31.9 Å². The lowest BCUT2D eigenvalue weighted by molar-refractivity contribution is -0.153. The molecular formula is C77H108N12O13. The SMILES string of the molecule is CC(C)C[C@H]1C(=O)N[C@H](C(=O)N(C)[C@@H](Cc2ccccc2)C(=O)N[C@@H](Cc2ccccc2)C(=O)N2CCCCC2)CC(=O)N[C@H](C(C)C)C(=O)N[C@@H](C)C(=O)N[C@@H](C(C)O)C(=O)N(C)[C@@H](C)C(=O)N[C@@H](Cc2ccccc2)C(=O)N(C)[C@@H](CC(C)C)C(=O)N(C)C(Cc2ccccc2)C(=O)N1C. The molecule has 2 aliphatic heterocycles. The molecule has 4 aromatic rings. The molecule has 25 nitrogen and oxygen atoms in total. The average Bonchev–Trinajstić information content (AvgIpc) is 0.811. The number of carbonyl (C=O) groups is 12. The Morgan fingerprint density at radius 3 is 1.51 bits per heavy atom. The third-order valence-corrected chi connectivity index (χ3v) is 19.2. The Balaban J connectivity index is 1.50. The minimum Gasteiger partial charge on any atom is -0.391 e. The normalized spacial score (nSPS) is 23.5. The number of piperidine rings is 1. The largest absolute Gasteiger partial charge is 0.391 e. The summed E-state index contributed by atoms with van der Waals surface area (Å²) in [6.07, 6.45) is 0.00430. The summed E-state index contributed by atoms with van der Waals surface area (Å²) >= 11 is 0. The van der Waals surface area contributed by atoms with Crippen molar-refractivity contribution in [2.24, 2.45) is 17.8 Å². The first kappa shape index (κ1) is 81.4. The number of carbonyl (C=O) groups excluding carboxylic acids is 12. The summed E-state index contributed by atoms with van der Waals surface area (Å²) in [6, 6.07) is 20.2. The minimum atomic E-state index is -1.84. The van der Waals surface area contributed by atoms with E-state index in [-0.39, 0.29) is 56.3 Å². The van der Waals surface area contributed by atoms with E-state index >= 15 is 28.8 Å².